The molecule has 6 nitrogen and oxygen atoms in total. The number of aliphatic imine (C=N–C) groups is 1. The van der Waals surface area contributed by atoms with Gasteiger partial charge in [-0.1, -0.05) is 12.1 Å². The maximum atomic E-state index is 12.8. The van der Waals surface area contributed by atoms with Crippen molar-refractivity contribution >= 4 is 32.2 Å². The van der Waals surface area contributed by atoms with Crippen LogP contribution in [0, 0.1) is 5.92 Å². The number of fused-ring (bicyclic) bond motifs is 1. The Morgan fingerprint density at radius 3 is 3.04 bits per heavy atom. The van der Waals surface area contributed by atoms with Crippen LogP contribution in [0.1, 0.15) is 18.9 Å². The molecule has 1 aromatic rings. The molecular formula is C19H23BrN4O2S. The van der Waals surface area contributed by atoms with Gasteiger partial charge in [-0.05, 0) is 65.5 Å². The number of hydrogen-bond donors (Lipinski definition) is 2. The van der Waals surface area contributed by atoms with Crippen LogP contribution in [0.3, 0.4) is 0 Å². The lowest BCUT2D eigenvalue weighted by Crippen LogP contribution is -2.41. The number of allylic oxidation sites excluding steroid dienone is 4. The van der Waals surface area contributed by atoms with Crippen LogP contribution in [0.15, 0.2) is 62.8 Å². The third-order valence-corrected chi connectivity index (χ3v) is 7.25. The summed E-state index contributed by atoms with van der Waals surface area (Å²) < 4.78 is 29.0. The molecule has 2 heterocycles. The van der Waals surface area contributed by atoms with Crippen LogP contribution in [0.5, 0.6) is 0 Å². The zero-order chi connectivity index (χ0) is 19.3. The fraction of sp³-hybridized carbons (Fsp3) is 0.368. The van der Waals surface area contributed by atoms with E-state index in [0.717, 1.165) is 24.1 Å². The minimum atomic E-state index is -3.59. The Kier molecular flexibility index (Phi) is 6.75. The van der Waals surface area contributed by atoms with Gasteiger partial charge in [-0.3, -0.25) is 9.98 Å². The lowest BCUT2D eigenvalue weighted by molar-refractivity contribution is 0.541. The monoisotopic (exact) mass is 450 g/mol. The quantitative estimate of drug-likeness (QED) is 0.596. The zero-order valence-electron chi connectivity index (χ0n) is 15.1. The number of rotatable bonds is 8. The number of nitrogens with one attached hydrogen (secondary N) is 2. The molecule has 8 heteroatoms. The Bertz CT molecular complexity index is 892. The van der Waals surface area contributed by atoms with E-state index in [1.54, 1.807) is 18.5 Å². The molecule has 0 bridgehead atoms. The third-order valence-electron chi connectivity index (χ3n) is 4.44. The second kappa shape index (κ2) is 9.05. The van der Waals surface area contributed by atoms with Crippen LogP contribution in [-0.4, -0.2) is 38.7 Å². The molecule has 2 aliphatic rings. The number of pyridine rings is 1. The molecule has 2 atom stereocenters. The number of hydrogen-bond acceptors (Lipinski definition) is 5. The highest BCUT2D eigenvalue weighted by molar-refractivity contribution is 9.12. The molecular weight excluding hydrogens is 428 g/mol. The average Bonchev–Trinajstić information content (AvgIpc) is 2.66. The molecule has 0 spiro atoms. The summed E-state index contributed by atoms with van der Waals surface area (Å²) in [6.07, 6.45) is 12.2. The highest BCUT2D eigenvalue weighted by atomic mass is 79.9. The second-order valence-corrected chi connectivity index (χ2v) is 9.11. The molecule has 0 amide bonds. The molecule has 0 radical (unpaired) electrons. The van der Waals surface area contributed by atoms with Crippen molar-refractivity contribution < 1.29 is 8.42 Å². The average molecular weight is 451 g/mol. The van der Waals surface area contributed by atoms with E-state index in [1.807, 2.05) is 37.5 Å². The number of aromatic nitrogens is 1. The van der Waals surface area contributed by atoms with Crippen LogP contribution < -0.4 is 10.0 Å². The van der Waals surface area contributed by atoms with Gasteiger partial charge < -0.3 is 5.32 Å². The first-order valence-electron chi connectivity index (χ1n) is 8.89. The molecule has 0 fully saturated rings. The van der Waals surface area contributed by atoms with Gasteiger partial charge in [-0.2, -0.15) is 0 Å². The Labute approximate surface area is 168 Å². The summed E-state index contributed by atoms with van der Waals surface area (Å²) in [7, 11) is -3.59. The Balaban J connectivity index is 1.53. The van der Waals surface area contributed by atoms with Crippen molar-refractivity contribution in [2.75, 3.05) is 13.1 Å². The summed E-state index contributed by atoms with van der Waals surface area (Å²) in [5.41, 5.74) is 2.11. The lowest BCUT2D eigenvalue weighted by atomic mass is 9.91. The van der Waals surface area contributed by atoms with Crippen LogP contribution >= 0.6 is 15.9 Å². The largest absolute Gasteiger partial charge is 0.315 e. The van der Waals surface area contributed by atoms with Crippen molar-refractivity contribution in [3.05, 3.63) is 63.4 Å². The summed E-state index contributed by atoms with van der Waals surface area (Å²) in [5.74, 6) is 0.134. The molecule has 3 rings (SSSR count). The SMILES string of the molecule is C[C@H](CNCCc1cccnc1)NS(=O)(=O)C1=CCC2C=NC=CC2=C1Br. The van der Waals surface area contributed by atoms with Gasteiger partial charge >= 0.3 is 0 Å². The molecule has 0 saturated heterocycles. The summed E-state index contributed by atoms with van der Waals surface area (Å²) in [6, 6.07) is 3.71. The van der Waals surface area contributed by atoms with E-state index in [1.165, 1.54) is 0 Å². The van der Waals surface area contributed by atoms with E-state index in [4.69, 9.17) is 0 Å². The highest BCUT2D eigenvalue weighted by Crippen LogP contribution is 2.37. The number of halogens is 1. The summed E-state index contributed by atoms with van der Waals surface area (Å²) in [6.45, 7) is 3.17. The summed E-state index contributed by atoms with van der Waals surface area (Å²) >= 11 is 3.47. The minimum Gasteiger partial charge on any atom is -0.315 e. The molecule has 1 aliphatic heterocycles. The van der Waals surface area contributed by atoms with Gasteiger partial charge in [0.2, 0.25) is 10.0 Å². The first-order valence-corrected chi connectivity index (χ1v) is 11.2. The number of sulfonamides is 1. The van der Waals surface area contributed by atoms with Gasteiger partial charge in [-0.15, -0.1) is 0 Å². The second-order valence-electron chi connectivity index (χ2n) is 6.63. The molecule has 27 heavy (non-hydrogen) atoms. The molecule has 0 saturated carbocycles. The topological polar surface area (TPSA) is 83.5 Å². The van der Waals surface area contributed by atoms with Gasteiger partial charge in [-0.25, -0.2) is 13.1 Å². The molecule has 144 valence electrons. The van der Waals surface area contributed by atoms with Crippen molar-refractivity contribution in [3.63, 3.8) is 0 Å². The van der Waals surface area contributed by atoms with Gasteiger partial charge in [0.1, 0.15) is 0 Å². The lowest BCUT2D eigenvalue weighted by Gasteiger charge is -2.24. The number of nitrogens with zero attached hydrogens (tertiary/aromatic N) is 2. The third kappa shape index (κ3) is 5.22. The van der Waals surface area contributed by atoms with E-state index in [9.17, 15) is 8.42 Å². The van der Waals surface area contributed by atoms with Crippen LogP contribution in [0.2, 0.25) is 0 Å². The normalized spacial score (nSPS) is 20.4. The van der Waals surface area contributed by atoms with Gasteiger partial charge in [0.25, 0.3) is 0 Å². The maximum Gasteiger partial charge on any atom is 0.241 e. The molecule has 1 unspecified atom stereocenters. The van der Waals surface area contributed by atoms with Crippen molar-refractivity contribution in [2.45, 2.75) is 25.8 Å². The van der Waals surface area contributed by atoms with Gasteiger partial charge in [0.05, 0.1) is 4.91 Å². The van der Waals surface area contributed by atoms with E-state index in [-0.39, 0.29) is 12.0 Å². The summed E-state index contributed by atoms with van der Waals surface area (Å²) in [5, 5.41) is 3.29. The molecule has 2 N–H and O–H groups in total. The molecule has 1 aliphatic carbocycles. The first-order chi connectivity index (χ1) is 13.0. The van der Waals surface area contributed by atoms with E-state index in [2.05, 4.69) is 35.9 Å². The fourth-order valence-corrected chi connectivity index (χ4v) is 5.70. The van der Waals surface area contributed by atoms with Crippen LogP contribution in [-0.2, 0) is 16.4 Å². The maximum absolute atomic E-state index is 12.8. The fourth-order valence-electron chi connectivity index (χ4n) is 3.07. The van der Waals surface area contributed by atoms with Crippen molar-refractivity contribution in [2.24, 2.45) is 10.9 Å². The van der Waals surface area contributed by atoms with E-state index in [0.29, 0.717) is 22.4 Å². The predicted molar refractivity (Wildman–Crippen MR) is 112 cm³/mol. The highest BCUT2D eigenvalue weighted by Gasteiger charge is 2.29. The zero-order valence-corrected chi connectivity index (χ0v) is 17.5. The van der Waals surface area contributed by atoms with Crippen molar-refractivity contribution in [1.82, 2.24) is 15.0 Å². The molecule has 1 aromatic heterocycles. The molecule has 0 aromatic carbocycles. The van der Waals surface area contributed by atoms with Crippen LogP contribution in [0.25, 0.3) is 0 Å². The standard InChI is InChI=1S/C19H23BrN4O2S/c1-14(11-22-9-6-15-3-2-8-21-12-15)24-27(25,26)18-5-4-16-13-23-10-7-17(16)19(18)20/h2-3,5,7-8,10,12-14,16,22,24H,4,6,9,11H2,1H3/t14-,16?/m1/s1. The Hall–Kier alpha value is -1.61. The van der Waals surface area contributed by atoms with Gasteiger partial charge in [0.15, 0.2) is 0 Å². The minimum absolute atomic E-state index is 0.134. The van der Waals surface area contributed by atoms with Crippen molar-refractivity contribution in [1.29, 1.82) is 0 Å². The van der Waals surface area contributed by atoms with Crippen molar-refractivity contribution in [3.8, 4) is 0 Å². The van der Waals surface area contributed by atoms with E-state index >= 15 is 0 Å². The van der Waals surface area contributed by atoms with Crippen LogP contribution in [0.4, 0.5) is 0 Å². The first kappa shape index (κ1) is 20.1. The van der Waals surface area contributed by atoms with Gasteiger partial charge in [0, 0.05) is 47.8 Å². The summed E-state index contributed by atoms with van der Waals surface area (Å²) in [4.78, 5) is 8.52. The van der Waals surface area contributed by atoms with E-state index < -0.39 is 10.0 Å². The Morgan fingerprint density at radius 2 is 2.26 bits per heavy atom. The predicted octanol–water partition coefficient (Wildman–Crippen LogP) is 2.67. The Morgan fingerprint density at radius 1 is 1.41 bits per heavy atom. The smallest absolute Gasteiger partial charge is 0.241 e.